The Morgan fingerprint density at radius 1 is 1.25 bits per heavy atom. The minimum absolute atomic E-state index is 0.298. The van der Waals surface area contributed by atoms with Crippen LogP contribution in [0, 0.1) is 5.92 Å². The van der Waals surface area contributed by atoms with Crippen LogP contribution in [-0.2, 0) is 13.6 Å². The maximum atomic E-state index is 6.11. The zero-order valence-electron chi connectivity index (χ0n) is 12.2. The van der Waals surface area contributed by atoms with Crippen LogP contribution in [0.25, 0.3) is 11.3 Å². The van der Waals surface area contributed by atoms with E-state index >= 15 is 0 Å². The summed E-state index contributed by atoms with van der Waals surface area (Å²) in [7, 11) is 1.98. The van der Waals surface area contributed by atoms with Crippen LogP contribution in [0.1, 0.15) is 12.5 Å². The Hall–Kier alpha value is -1.65. The lowest BCUT2D eigenvalue weighted by Gasteiger charge is -2.15. The number of rotatable bonds is 3. The second-order valence-corrected chi connectivity index (χ2v) is 5.88. The molecule has 2 atom stereocenters. The molecular formula is C16H22N4. The standard InChI is InChI=1S/C16H22N4/c1-12-8-20(11-15(12)17)10-14-9-19(2)18-16(14)13-6-4-3-5-7-13/h3-7,9,12,15H,8,10-11,17H2,1-2H3. The van der Waals surface area contributed by atoms with Crippen molar-refractivity contribution in [2.45, 2.75) is 19.5 Å². The first-order chi connectivity index (χ1) is 9.63. The van der Waals surface area contributed by atoms with E-state index in [1.54, 1.807) is 0 Å². The van der Waals surface area contributed by atoms with Gasteiger partial charge in [-0.2, -0.15) is 5.10 Å². The molecule has 0 amide bonds. The fourth-order valence-electron chi connectivity index (χ4n) is 2.96. The van der Waals surface area contributed by atoms with E-state index in [9.17, 15) is 0 Å². The summed E-state index contributed by atoms with van der Waals surface area (Å²) in [6, 6.07) is 10.7. The molecule has 4 nitrogen and oxygen atoms in total. The predicted molar refractivity (Wildman–Crippen MR) is 81.1 cm³/mol. The third kappa shape index (κ3) is 2.62. The van der Waals surface area contributed by atoms with Gasteiger partial charge in [0.05, 0.1) is 5.69 Å². The van der Waals surface area contributed by atoms with Crippen molar-refractivity contribution in [2.24, 2.45) is 18.7 Å². The summed E-state index contributed by atoms with van der Waals surface area (Å²) in [6.45, 7) is 5.21. The van der Waals surface area contributed by atoms with Gasteiger partial charge in [0.1, 0.15) is 0 Å². The lowest BCUT2D eigenvalue weighted by molar-refractivity contribution is 0.319. The van der Waals surface area contributed by atoms with Crippen molar-refractivity contribution in [1.82, 2.24) is 14.7 Å². The summed E-state index contributed by atoms with van der Waals surface area (Å²) < 4.78 is 1.90. The van der Waals surface area contributed by atoms with E-state index in [-0.39, 0.29) is 0 Å². The van der Waals surface area contributed by atoms with E-state index in [2.05, 4.69) is 47.4 Å². The highest BCUT2D eigenvalue weighted by atomic mass is 15.3. The number of hydrogen-bond acceptors (Lipinski definition) is 3. The zero-order valence-corrected chi connectivity index (χ0v) is 12.2. The quantitative estimate of drug-likeness (QED) is 0.926. The molecule has 3 rings (SSSR count). The van der Waals surface area contributed by atoms with Gasteiger partial charge in [-0.1, -0.05) is 37.3 Å². The minimum Gasteiger partial charge on any atom is -0.326 e. The molecule has 1 aromatic heterocycles. The van der Waals surface area contributed by atoms with Crippen LogP contribution in [0.5, 0.6) is 0 Å². The molecule has 2 aromatic rings. The van der Waals surface area contributed by atoms with Gasteiger partial charge in [0.2, 0.25) is 0 Å². The number of likely N-dealkylation sites (tertiary alicyclic amines) is 1. The number of aryl methyl sites for hydroxylation is 1. The Morgan fingerprint density at radius 3 is 2.65 bits per heavy atom. The average Bonchev–Trinajstić information content (AvgIpc) is 2.94. The van der Waals surface area contributed by atoms with E-state index in [1.807, 2.05) is 17.8 Å². The molecule has 106 valence electrons. The average molecular weight is 270 g/mol. The van der Waals surface area contributed by atoms with Crippen molar-refractivity contribution < 1.29 is 0 Å². The van der Waals surface area contributed by atoms with Gasteiger partial charge in [0, 0.05) is 50.0 Å². The lowest BCUT2D eigenvalue weighted by atomic mass is 10.1. The SMILES string of the molecule is CC1CN(Cc2cn(C)nc2-c2ccccc2)CC1N. The monoisotopic (exact) mass is 270 g/mol. The highest BCUT2D eigenvalue weighted by Gasteiger charge is 2.27. The lowest BCUT2D eigenvalue weighted by Crippen LogP contribution is -2.28. The molecular weight excluding hydrogens is 248 g/mol. The number of benzene rings is 1. The van der Waals surface area contributed by atoms with Crippen LogP contribution in [0.2, 0.25) is 0 Å². The Bertz CT molecular complexity index is 565. The Morgan fingerprint density at radius 2 is 2.00 bits per heavy atom. The van der Waals surface area contributed by atoms with Crippen molar-refractivity contribution in [3.63, 3.8) is 0 Å². The summed E-state index contributed by atoms with van der Waals surface area (Å²) in [6.07, 6.45) is 2.12. The molecule has 1 aliphatic rings. The molecule has 2 heterocycles. The number of nitrogens with zero attached hydrogens (tertiary/aromatic N) is 3. The summed E-state index contributed by atoms with van der Waals surface area (Å²) >= 11 is 0. The molecule has 1 aromatic carbocycles. The maximum Gasteiger partial charge on any atom is 0.0968 e. The molecule has 2 unspecified atom stereocenters. The van der Waals surface area contributed by atoms with Crippen molar-refractivity contribution in [3.8, 4) is 11.3 Å². The van der Waals surface area contributed by atoms with Crippen molar-refractivity contribution >= 4 is 0 Å². The van der Waals surface area contributed by atoms with Crippen LogP contribution in [0.15, 0.2) is 36.5 Å². The third-order valence-electron chi connectivity index (χ3n) is 4.09. The largest absolute Gasteiger partial charge is 0.326 e. The van der Waals surface area contributed by atoms with E-state index in [0.29, 0.717) is 12.0 Å². The van der Waals surface area contributed by atoms with Gasteiger partial charge in [-0.05, 0) is 5.92 Å². The van der Waals surface area contributed by atoms with Crippen LogP contribution >= 0.6 is 0 Å². The second-order valence-electron chi connectivity index (χ2n) is 5.88. The number of hydrogen-bond donors (Lipinski definition) is 1. The van der Waals surface area contributed by atoms with Gasteiger partial charge in [-0.25, -0.2) is 0 Å². The van der Waals surface area contributed by atoms with Gasteiger partial charge in [0.25, 0.3) is 0 Å². The Labute approximate surface area is 120 Å². The van der Waals surface area contributed by atoms with Crippen LogP contribution in [0.4, 0.5) is 0 Å². The number of nitrogens with two attached hydrogens (primary N) is 1. The van der Waals surface area contributed by atoms with Crippen molar-refractivity contribution in [1.29, 1.82) is 0 Å². The van der Waals surface area contributed by atoms with E-state index < -0.39 is 0 Å². The Kier molecular flexibility index (Phi) is 3.59. The summed E-state index contributed by atoms with van der Waals surface area (Å²) in [5.41, 5.74) is 9.66. The van der Waals surface area contributed by atoms with E-state index in [4.69, 9.17) is 5.73 Å². The Balaban J connectivity index is 1.84. The predicted octanol–water partition coefficient (Wildman–Crippen LogP) is 1.87. The van der Waals surface area contributed by atoms with E-state index in [0.717, 1.165) is 25.3 Å². The number of aromatic nitrogens is 2. The molecule has 1 fully saturated rings. The molecule has 0 spiro atoms. The van der Waals surface area contributed by atoms with Crippen LogP contribution in [-0.4, -0.2) is 33.8 Å². The molecule has 0 aliphatic carbocycles. The zero-order chi connectivity index (χ0) is 14.1. The second kappa shape index (κ2) is 5.38. The van der Waals surface area contributed by atoms with Gasteiger partial charge < -0.3 is 5.73 Å². The molecule has 1 saturated heterocycles. The molecule has 1 aliphatic heterocycles. The molecule has 20 heavy (non-hydrogen) atoms. The fourth-order valence-corrected chi connectivity index (χ4v) is 2.96. The third-order valence-corrected chi connectivity index (χ3v) is 4.09. The highest BCUT2D eigenvalue weighted by molar-refractivity contribution is 5.62. The molecule has 0 bridgehead atoms. The summed E-state index contributed by atoms with van der Waals surface area (Å²) in [5, 5.41) is 4.62. The minimum atomic E-state index is 0.298. The fraction of sp³-hybridized carbons (Fsp3) is 0.438. The molecule has 0 radical (unpaired) electrons. The molecule has 0 saturated carbocycles. The van der Waals surface area contributed by atoms with E-state index in [1.165, 1.54) is 11.1 Å². The van der Waals surface area contributed by atoms with Crippen molar-refractivity contribution in [3.05, 3.63) is 42.1 Å². The first-order valence-corrected chi connectivity index (χ1v) is 7.19. The van der Waals surface area contributed by atoms with Crippen LogP contribution < -0.4 is 5.73 Å². The molecule has 2 N–H and O–H groups in total. The first-order valence-electron chi connectivity index (χ1n) is 7.19. The summed E-state index contributed by atoms with van der Waals surface area (Å²) in [5.74, 6) is 0.576. The normalized spacial score (nSPS) is 23.4. The highest BCUT2D eigenvalue weighted by Crippen LogP contribution is 2.25. The van der Waals surface area contributed by atoms with Gasteiger partial charge in [0.15, 0.2) is 0 Å². The van der Waals surface area contributed by atoms with Gasteiger partial charge >= 0.3 is 0 Å². The van der Waals surface area contributed by atoms with Crippen LogP contribution in [0.3, 0.4) is 0 Å². The van der Waals surface area contributed by atoms with Gasteiger partial charge in [-0.15, -0.1) is 0 Å². The maximum absolute atomic E-state index is 6.11. The van der Waals surface area contributed by atoms with Crippen molar-refractivity contribution in [2.75, 3.05) is 13.1 Å². The smallest absolute Gasteiger partial charge is 0.0968 e. The molecule has 4 heteroatoms. The van der Waals surface area contributed by atoms with Gasteiger partial charge in [-0.3, -0.25) is 9.58 Å². The first kappa shape index (κ1) is 13.3. The summed E-state index contributed by atoms with van der Waals surface area (Å²) in [4.78, 5) is 2.43. The topological polar surface area (TPSA) is 47.1 Å².